The summed E-state index contributed by atoms with van der Waals surface area (Å²) in [5.41, 5.74) is 6.79. The van der Waals surface area contributed by atoms with E-state index in [0.29, 0.717) is 5.56 Å². The largest absolute Gasteiger partial charge is 0.478 e. The van der Waals surface area contributed by atoms with Crippen LogP contribution >= 0.6 is 11.3 Å². The molecule has 0 unspecified atom stereocenters. The highest BCUT2D eigenvalue weighted by molar-refractivity contribution is 7.16. The van der Waals surface area contributed by atoms with Crippen LogP contribution in [0, 0.1) is 0 Å². The fourth-order valence-corrected chi connectivity index (χ4v) is 7.08. The molecule has 1 N–H and O–H groups in total. The van der Waals surface area contributed by atoms with Gasteiger partial charge in [-0.2, -0.15) is 4.58 Å². The quantitative estimate of drug-likeness (QED) is 0.187. The molecule has 3 heterocycles. The normalized spacial score (nSPS) is 14.9. The highest BCUT2D eigenvalue weighted by Crippen LogP contribution is 2.48. The van der Waals surface area contributed by atoms with E-state index < -0.39 is 5.97 Å². The Bertz CT molecular complexity index is 1750. The lowest BCUT2D eigenvalue weighted by Gasteiger charge is -2.33. The number of hydrogen-bond donors (Lipinski definition) is 1. The van der Waals surface area contributed by atoms with Crippen LogP contribution < -0.4 is 9.64 Å². The van der Waals surface area contributed by atoms with Crippen molar-refractivity contribution in [3.05, 3.63) is 94.9 Å². The second-order valence-electron chi connectivity index (χ2n) is 11.8. The first-order valence-electron chi connectivity index (χ1n) is 15.3. The van der Waals surface area contributed by atoms with E-state index in [-0.39, 0.29) is 5.41 Å². The van der Waals surface area contributed by atoms with Crippen LogP contribution in [-0.4, -0.2) is 34.5 Å². The highest BCUT2D eigenvalue weighted by Gasteiger charge is 2.44. The van der Waals surface area contributed by atoms with E-state index in [1.807, 2.05) is 24.3 Å². The average molecular weight is 592 g/mol. The number of unbranched alkanes of at least 4 members (excludes halogenated alkanes) is 2. The zero-order valence-corrected chi connectivity index (χ0v) is 26.2. The Morgan fingerprint density at radius 2 is 1.72 bits per heavy atom. The molecule has 3 aromatic carbocycles. The molecule has 0 spiro atoms. The van der Waals surface area contributed by atoms with Crippen molar-refractivity contribution in [1.82, 2.24) is 0 Å². The van der Waals surface area contributed by atoms with Gasteiger partial charge in [0.1, 0.15) is 6.54 Å². The standard InChI is InChI=1S/C37H38N2O3S/c1-5-7-21-38-30-11-9-10-12-32(30)42-33-24-25(13-18-31(33)38)34-19-15-27(43-34)16-20-35-37(3,4)28-23-26(36(40)41)14-17-29(28)39(35)22-8-6-2/h9-20,23-24H,5-8,21-22H2,1-4H3/p+1. The van der Waals surface area contributed by atoms with Crippen LogP contribution in [0.1, 0.15) is 74.2 Å². The van der Waals surface area contributed by atoms with Gasteiger partial charge in [0.2, 0.25) is 5.69 Å². The molecule has 0 amide bonds. The summed E-state index contributed by atoms with van der Waals surface area (Å²) in [5.74, 6) is 0.906. The number of carboxylic acid groups (broad SMARTS) is 1. The molecule has 0 saturated carbocycles. The van der Waals surface area contributed by atoms with Crippen LogP contribution in [0.5, 0.6) is 11.5 Å². The summed E-state index contributed by atoms with van der Waals surface area (Å²) in [6.45, 7) is 10.7. The molecule has 6 rings (SSSR count). The second kappa shape index (κ2) is 11.8. The third-order valence-corrected chi connectivity index (χ3v) is 9.65. The van der Waals surface area contributed by atoms with Crippen molar-refractivity contribution in [3.63, 3.8) is 0 Å². The first kappa shape index (κ1) is 28.9. The number of para-hydroxylation sites is 2. The van der Waals surface area contributed by atoms with Gasteiger partial charge >= 0.3 is 5.97 Å². The number of thiophene rings is 1. The van der Waals surface area contributed by atoms with Gasteiger partial charge in [-0.25, -0.2) is 4.79 Å². The second-order valence-corrected chi connectivity index (χ2v) is 13.0. The van der Waals surface area contributed by atoms with Gasteiger partial charge in [0, 0.05) is 40.4 Å². The molecule has 0 aliphatic carbocycles. The zero-order chi connectivity index (χ0) is 30.1. The molecule has 5 nitrogen and oxygen atoms in total. The van der Waals surface area contributed by atoms with E-state index in [2.05, 4.69) is 91.8 Å². The fourth-order valence-electron chi connectivity index (χ4n) is 6.17. The number of benzene rings is 3. The number of aromatic carboxylic acids is 1. The summed E-state index contributed by atoms with van der Waals surface area (Å²) in [6.07, 6.45) is 8.85. The third-order valence-electron chi connectivity index (χ3n) is 8.55. The Balaban J connectivity index is 1.29. The first-order valence-corrected chi connectivity index (χ1v) is 16.1. The van der Waals surface area contributed by atoms with Crippen LogP contribution in [0.4, 0.5) is 17.1 Å². The lowest BCUT2D eigenvalue weighted by atomic mass is 9.81. The van der Waals surface area contributed by atoms with Gasteiger partial charge < -0.3 is 14.7 Å². The van der Waals surface area contributed by atoms with E-state index in [1.54, 1.807) is 17.4 Å². The number of fused-ring (bicyclic) bond motifs is 3. The summed E-state index contributed by atoms with van der Waals surface area (Å²) >= 11 is 1.76. The van der Waals surface area contributed by atoms with E-state index in [0.717, 1.165) is 78.5 Å². The molecule has 0 fully saturated rings. The Kier molecular flexibility index (Phi) is 7.97. The number of ether oxygens (including phenoxy) is 1. The number of anilines is 2. The third kappa shape index (κ3) is 5.40. The molecule has 220 valence electrons. The van der Waals surface area contributed by atoms with Crippen LogP contribution in [-0.2, 0) is 5.41 Å². The van der Waals surface area contributed by atoms with Gasteiger partial charge in [-0.3, -0.25) is 0 Å². The Hall–Kier alpha value is -4.16. The summed E-state index contributed by atoms with van der Waals surface area (Å²) in [7, 11) is 0. The molecule has 6 heteroatoms. The van der Waals surface area contributed by atoms with Crippen molar-refractivity contribution in [3.8, 4) is 21.9 Å². The maximum atomic E-state index is 11.7. The van der Waals surface area contributed by atoms with Crippen molar-refractivity contribution in [2.45, 2.75) is 58.8 Å². The predicted octanol–water partition coefficient (Wildman–Crippen LogP) is 10.0. The topological polar surface area (TPSA) is 52.8 Å². The minimum Gasteiger partial charge on any atom is -0.478 e. The molecule has 0 bridgehead atoms. The number of hydrogen-bond acceptors (Lipinski definition) is 4. The monoisotopic (exact) mass is 591 g/mol. The molecule has 43 heavy (non-hydrogen) atoms. The summed E-state index contributed by atoms with van der Waals surface area (Å²) in [6, 6.07) is 24.7. The van der Waals surface area contributed by atoms with Crippen molar-refractivity contribution < 1.29 is 19.2 Å². The molecular weight excluding hydrogens is 552 g/mol. The maximum Gasteiger partial charge on any atom is 0.335 e. The minimum absolute atomic E-state index is 0.305. The van der Waals surface area contributed by atoms with Gasteiger partial charge in [0.05, 0.1) is 22.4 Å². The molecule has 4 aromatic rings. The molecular formula is C37H39N2O3S+. The van der Waals surface area contributed by atoms with Crippen molar-refractivity contribution >= 4 is 46.2 Å². The predicted molar refractivity (Wildman–Crippen MR) is 178 cm³/mol. The van der Waals surface area contributed by atoms with Gasteiger partial charge in [0.15, 0.2) is 17.2 Å². The highest BCUT2D eigenvalue weighted by atomic mass is 32.1. The van der Waals surface area contributed by atoms with E-state index in [9.17, 15) is 9.90 Å². The lowest BCUT2D eigenvalue weighted by Crippen LogP contribution is -2.28. The minimum atomic E-state index is -0.890. The SMILES string of the molecule is CCCCN1c2ccccc2Oc2cc(-c3ccc(C=CC4=[N+](CCCC)c5ccc(C(=O)O)cc5C4(C)C)s3)ccc21. The number of nitrogens with zero attached hydrogens (tertiary/aromatic N) is 2. The molecule has 2 aliphatic rings. The number of allylic oxidation sites excluding steroid dienone is 1. The lowest BCUT2D eigenvalue weighted by molar-refractivity contribution is -0.438. The van der Waals surface area contributed by atoms with Gasteiger partial charge in [0.25, 0.3) is 0 Å². The van der Waals surface area contributed by atoms with Crippen molar-refractivity contribution in [2.24, 2.45) is 0 Å². The Morgan fingerprint density at radius 3 is 2.51 bits per heavy atom. The van der Waals surface area contributed by atoms with Gasteiger partial charge in [-0.05, 0) is 80.4 Å². The van der Waals surface area contributed by atoms with Gasteiger partial charge in [-0.15, -0.1) is 11.3 Å². The number of carboxylic acids is 1. The average Bonchev–Trinajstić information content (AvgIpc) is 3.56. The zero-order valence-electron chi connectivity index (χ0n) is 25.4. The van der Waals surface area contributed by atoms with Crippen LogP contribution in [0.3, 0.4) is 0 Å². The maximum absolute atomic E-state index is 11.7. The van der Waals surface area contributed by atoms with Crippen molar-refractivity contribution in [1.29, 1.82) is 0 Å². The molecule has 0 atom stereocenters. The van der Waals surface area contributed by atoms with Gasteiger partial charge in [-0.1, -0.05) is 44.9 Å². The summed E-state index contributed by atoms with van der Waals surface area (Å²) in [4.78, 5) is 16.5. The smallest absolute Gasteiger partial charge is 0.335 e. The molecule has 0 saturated heterocycles. The summed E-state index contributed by atoms with van der Waals surface area (Å²) < 4.78 is 8.77. The van der Waals surface area contributed by atoms with E-state index in [1.165, 1.54) is 15.5 Å². The van der Waals surface area contributed by atoms with Crippen molar-refractivity contribution in [2.75, 3.05) is 18.0 Å². The molecule has 0 radical (unpaired) electrons. The van der Waals surface area contributed by atoms with Crippen LogP contribution in [0.25, 0.3) is 16.5 Å². The Labute approximate surface area is 258 Å². The van der Waals surface area contributed by atoms with Crippen LogP contribution in [0.15, 0.2) is 78.9 Å². The first-order chi connectivity index (χ1) is 20.8. The fraction of sp³-hybridized carbons (Fsp3) is 0.297. The van der Waals surface area contributed by atoms with Crippen LogP contribution in [0.2, 0.25) is 0 Å². The van der Waals surface area contributed by atoms with E-state index in [4.69, 9.17) is 4.74 Å². The Morgan fingerprint density at radius 1 is 0.930 bits per heavy atom. The number of rotatable bonds is 10. The van der Waals surface area contributed by atoms with E-state index >= 15 is 0 Å². The summed E-state index contributed by atoms with van der Waals surface area (Å²) in [5, 5.41) is 9.62. The molecule has 1 aromatic heterocycles. The molecule has 2 aliphatic heterocycles. The number of carbonyl (C=O) groups is 1.